The van der Waals surface area contributed by atoms with Gasteiger partial charge in [-0.25, -0.2) is 0 Å². The third-order valence-corrected chi connectivity index (χ3v) is 5.01. The molecule has 1 nitrogen and oxygen atoms in total. The van der Waals surface area contributed by atoms with Gasteiger partial charge >= 0.3 is 0 Å². The van der Waals surface area contributed by atoms with Crippen molar-refractivity contribution in [3.05, 3.63) is 70.6 Å². The Labute approximate surface area is 130 Å². The van der Waals surface area contributed by atoms with E-state index in [0.29, 0.717) is 6.04 Å². The summed E-state index contributed by atoms with van der Waals surface area (Å²) in [7, 11) is 0. The summed E-state index contributed by atoms with van der Waals surface area (Å²) < 4.78 is 1.36. The molecule has 1 heterocycles. The zero-order chi connectivity index (χ0) is 14.7. The molecule has 0 aliphatic heterocycles. The first-order valence-corrected chi connectivity index (χ1v) is 8.44. The second-order valence-corrected chi connectivity index (χ2v) is 6.39. The molecule has 0 radical (unpaired) electrons. The Hall–Kier alpha value is -1.64. The molecule has 1 aromatic heterocycles. The normalized spacial score (nSPS) is 12.7. The van der Waals surface area contributed by atoms with Gasteiger partial charge in [-0.3, -0.25) is 0 Å². The topological polar surface area (TPSA) is 12.0 Å². The summed E-state index contributed by atoms with van der Waals surface area (Å²) >= 11 is 1.89. The monoisotopic (exact) mass is 295 g/mol. The molecule has 3 rings (SSSR count). The maximum Gasteiger partial charge on any atom is 0.0671 e. The molecule has 1 atom stereocenters. The Bertz CT molecular complexity index is 696. The summed E-state index contributed by atoms with van der Waals surface area (Å²) in [5.74, 6) is 0. The minimum Gasteiger partial charge on any atom is -0.306 e. The summed E-state index contributed by atoms with van der Waals surface area (Å²) in [5, 5.41) is 4.98. The van der Waals surface area contributed by atoms with Gasteiger partial charge < -0.3 is 5.32 Å². The van der Waals surface area contributed by atoms with Gasteiger partial charge in [0.25, 0.3) is 0 Å². The van der Waals surface area contributed by atoms with Gasteiger partial charge in [0.15, 0.2) is 0 Å². The molecule has 0 bridgehead atoms. The fraction of sp³-hybridized carbons (Fsp3) is 0.263. The number of benzene rings is 2. The fourth-order valence-corrected chi connectivity index (χ4v) is 3.89. The van der Waals surface area contributed by atoms with E-state index in [0.717, 1.165) is 13.0 Å². The number of hydrogen-bond donors (Lipinski definition) is 1. The molecular weight excluding hydrogens is 274 g/mol. The Morgan fingerprint density at radius 2 is 1.86 bits per heavy atom. The summed E-state index contributed by atoms with van der Waals surface area (Å²) in [4.78, 5) is 1.39. The van der Waals surface area contributed by atoms with Crippen molar-refractivity contribution in [1.82, 2.24) is 5.32 Å². The number of aryl methyl sites for hydroxylation is 1. The predicted octanol–water partition coefficient (Wildman–Crippen LogP) is 5.16. The van der Waals surface area contributed by atoms with Gasteiger partial charge in [0.2, 0.25) is 0 Å². The Morgan fingerprint density at radius 3 is 2.62 bits per heavy atom. The summed E-state index contributed by atoms with van der Waals surface area (Å²) in [6.45, 7) is 5.35. The van der Waals surface area contributed by atoms with Crippen LogP contribution < -0.4 is 5.32 Å². The van der Waals surface area contributed by atoms with Crippen LogP contribution in [0.4, 0.5) is 0 Å². The van der Waals surface area contributed by atoms with Gasteiger partial charge in [-0.1, -0.05) is 56.3 Å². The third kappa shape index (κ3) is 3.02. The first kappa shape index (κ1) is 14.3. The van der Waals surface area contributed by atoms with Gasteiger partial charge in [-0.15, -0.1) is 11.3 Å². The van der Waals surface area contributed by atoms with E-state index >= 15 is 0 Å². The average Bonchev–Trinajstić information content (AvgIpc) is 2.96. The van der Waals surface area contributed by atoms with Crippen LogP contribution in [0.2, 0.25) is 0 Å². The second-order valence-electron chi connectivity index (χ2n) is 5.28. The van der Waals surface area contributed by atoms with E-state index in [2.05, 4.69) is 73.8 Å². The molecule has 0 aliphatic carbocycles. The minimum absolute atomic E-state index is 0.291. The lowest BCUT2D eigenvalue weighted by Crippen LogP contribution is -2.21. The van der Waals surface area contributed by atoms with Crippen molar-refractivity contribution < 1.29 is 0 Å². The van der Waals surface area contributed by atoms with Gasteiger partial charge in [0.1, 0.15) is 0 Å². The van der Waals surface area contributed by atoms with Crippen molar-refractivity contribution in [2.75, 3.05) is 6.54 Å². The smallest absolute Gasteiger partial charge is 0.0671 e. The lowest BCUT2D eigenvalue weighted by Gasteiger charge is -2.17. The van der Waals surface area contributed by atoms with Crippen LogP contribution in [0.15, 0.2) is 54.6 Å². The first-order valence-electron chi connectivity index (χ1n) is 7.62. The molecule has 2 aromatic carbocycles. The van der Waals surface area contributed by atoms with E-state index in [9.17, 15) is 0 Å². The molecule has 0 saturated heterocycles. The van der Waals surface area contributed by atoms with Crippen LogP contribution in [0.3, 0.4) is 0 Å². The van der Waals surface area contributed by atoms with E-state index < -0.39 is 0 Å². The van der Waals surface area contributed by atoms with Crippen molar-refractivity contribution in [2.24, 2.45) is 0 Å². The second kappa shape index (κ2) is 6.42. The van der Waals surface area contributed by atoms with Crippen molar-refractivity contribution in [2.45, 2.75) is 26.3 Å². The quantitative estimate of drug-likeness (QED) is 0.685. The van der Waals surface area contributed by atoms with Crippen LogP contribution in [0.5, 0.6) is 0 Å². The van der Waals surface area contributed by atoms with Crippen LogP contribution in [0, 0.1) is 0 Å². The van der Waals surface area contributed by atoms with E-state index in [1.54, 1.807) is 0 Å². The largest absolute Gasteiger partial charge is 0.306 e. The molecule has 21 heavy (non-hydrogen) atoms. The molecule has 0 saturated carbocycles. The standard InChI is InChI=1S/C19H21NS/c1-3-14-8-7-10-16(12-14)19(20-4-2)18-13-15-9-5-6-11-17(15)21-18/h5-13,19-20H,3-4H2,1-2H3. The Kier molecular flexibility index (Phi) is 4.37. The van der Waals surface area contributed by atoms with E-state index in [-0.39, 0.29) is 0 Å². The summed E-state index contributed by atoms with van der Waals surface area (Å²) in [5.41, 5.74) is 2.76. The molecule has 1 N–H and O–H groups in total. The van der Waals surface area contributed by atoms with Gasteiger partial charge in [0.05, 0.1) is 6.04 Å². The molecule has 0 fully saturated rings. The number of fused-ring (bicyclic) bond motifs is 1. The van der Waals surface area contributed by atoms with Gasteiger partial charge in [0, 0.05) is 9.58 Å². The lowest BCUT2D eigenvalue weighted by atomic mass is 10.0. The molecule has 0 aliphatic rings. The maximum atomic E-state index is 3.64. The van der Waals surface area contributed by atoms with Crippen molar-refractivity contribution >= 4 is 21.4 Å². The Balaban J connectivity index is 2.03. The molecule has 3 aromatic rings. The van der Waals surface area contributed by atoms with Crippen molar-refractivity contribution in [1.29, 1.82) is 0 Å². The van der Waals surface area contributed by atoms with Crippen molar-refractivity contribution in [3.63, 3.8) is 0 Å². The highest BCUT2D eigenvalue weighted by molar-refractivity contribution is 7.19. The highest BCUT2D eigenvalue weighted by Gasteiger charge is 2.16. The van der Waals surface area contributed by atoms with E-state index in [1.165, 1.54) is 26.1 Å². The molecule has 0 amide bonds. The number of thiophene rings is 1. The fourth-order valence-electron chi connectivity index (χ4n) is 2.72. The highest BCUT2D eigenvalue weighted by atomic mass is 32.1. The van der Waals surface area contributed by atoms with Gasteiger partial charge in [-0.05, 0) is 41.6 Å². The maximum absolute atomic E-state index is 3.64. The Morgan fingerprint density at radius 1 is 1.00 bits per heavy atom. The van der Waals surface area contributed by atoms with Crippen LogP contribution >= 0.6 is 11.3 Å². The summed E-state index contributed by atoms with van der Waals surface area (Å²) in [6, 6.07) is 20.2. The van der Waals surface area contributed by atoms with Crippen LogP contribution in [0.25, 0.3) is 10.1 Å². The first-order chi connectivity index (χ1) is 10.3. The lowest BCUT2D eigenvalue weighted by molar-refractivity contribution is 0.639. The number of hydrogen-bond acceptors (Lipinski definition) is 2. The minimum atomic E-state index is 0.291. The zero-order valence-electron chi connectivity index (χ0n) is 12.6. The molecule has 0 spiro atoms. The van der Waals surface area contributed by atoms with Crippen LogP contribution in [-0.4, -0.2) is 6.54 Å². The van der Waals surface area contributed by atoms with Crippen LogP contribution in [0.1, 0.15) is 35.9 Å². The zero-order valence-corrected chi connectivity index (χ0v) is 13.4. The van der Waals surface area contributed by atoms with Gasteiger partial charge in [-0.2, -0.15) is 0 Å². The molecule has 2 heteroatoms. The average molecular weight is 295 g/mol. The SMILES string of the molecule is CCNC(c1cccc(CC)c1)c1cc2ccccc2s1. The van der Waals surface area contributed by atoms with Crippen molar-refractivity contribution in [3.8, 4) is 0 Å². The predicted molar refractivity (Wildman–Crippen MR) is 93.2 cm³/mol. The van der Waals surface area contributed by atoms with E-state index in [1.807, 2.05) is 11.3 Å². The molecule has 108 valence electrons. The highest BCUT2D eigenvalue weighted by Crippen LogP contribution is 2.33. The number of nitrogens with one attached hydrogen (secondary N) is 1. The summed E-state index contributed by atoms with van der Waals surface area (Å²) in [6.07, 6.45) is 1.08. The number of rotatable bonds is 5. The van der Waals surface area contributed by atoms with Crippen LogP contribution in [-0.2, 0) is 6.42 Å². The third-order valence-electron chi connectivity index (χ3n) is 3.83. The molecular formula is C19H21NS. The molecule has 1 unspecified atom stereocenters. The van der Waals surface area contributed by atoms with E-state index in [4.69, 9.17) is 0 Å².